The molecule has 27 heavy (non-hydrogen) atoms. The Morgan fingerprint density at radius 3 is 2.37 bits per heavy atom. The van der Waals surface area contributed by atoms with Gasteiger partial charge in [0.2, 0.25) is 10.0 Å². The van der Waals surface area contributed by atoms with Crippen LogP contribution in [0.4, 0.5) is 8.78 Å². The molecule has 8 heteroatoms. The van der Waals surface area contributed by atoms with Crippen molar-refractivity contribution in [3.63, 3.8) is 0 Å². The second-order valence-electron chi connectivity index (χ2n) is 6.48. The molecule has 1 saturated heterocycles. The Bertz CT molecular complexity index is 955. The molecule has 1 aliphatic rings. The molecule has 0 radical (unpaired) electrons. The lowest BCUT2D eigenvalue weighted by Gasteiger charge is -2.34. The number of carbonyl (C=O) groups is 1. The molecule has 0 unspecified atom stereocenters. The summed E-state index contributed by atoms with van der Waals surface area (Å²) in [5, 5.41) is 0. The predicted octanol–water partition coefficient (Wildman–Crippen LogP) is 2.67. The van der Waals surface area contributed by atoms with Crippen LogP contribution in [0.5, 0.6) is 0 Å². The molecular formula is C19H20F2N2O3S. The second-order valence-corrected chi connectivity index (χ2v) is 8.42. The fourth-order valence-corrected chi connectivity index (χ4v) is 4.53. The molecule has 2 aromatic rings. The van der Waals surface area contributed by atoms with Crippen LogP contribution < -0.4 is 0 Å². The largest absolute Gasteiger partial charge is 0.296 e. The molecule has 1 heterocycles. The SMILES string of the molecule is CC(=O)c1cccc(S(=O)(=O)N2CCN(Cc3cccc(F)c3F)CC2)c1. The average Bonchev–Trinajstić information content (AvgIpc) is 2.66. The van der Waals surface area contributed by atoms with E-state index in [1.807, 2.05) is 4.90 Å². The molecule has 0 aliphatic carbocycles. The van der Waals surface area contributed by atoms with Gasteiger partial charge in [-0.25, -0.2) is 17.2 Å². The zero-order chi connectivity index (χ0) is 19.6. The quantitative estimate of drug-likeness (QED) is 0.732. The van der Waals surface area contributed by atoms with Gasteiger partial charge in [0.05, 0.1) is 4.90 Å². The summed E-state index contributed by atoms with van der Waals surface area (Å²) in [5.74, 6) is -1.96. The standard InChI is InChI=1S/C19H20F2N2O3S/c1-14(24)15-4-2-6-17(12-15)27(25,26)23-10-8-22(9-11-23)13-16-5-3-7-18(20)19(16)21/h2-7,12H,8-11,13H2,1H3. The summed E-state index contributed by atoms with van der Waals surface area (Å²) in [6.07, 6.45) is 0. The van der Waals surface area contributed by atoms with Crippen LogP contribution in [0.3, 0.4) is 0 Å². The van der Waals surface area contributed by atoms with Crippen LogP contribution in [0.15, 0.2) is 47.4 Å². The number of rotatable bonds is 5. The Balaban J connectivity index is 1.68. The van der Waals surface area contributed by atoms with E-state index < -0.39 is 21.7 Å². The van der Waals surface area contributed by atoms with Crippen molar-refractivity contribution in [2.45, 2.75) is 18.4 Å². The Kier molecular flexibility index (Phi) is 5.69. The third-order valence-electron chi connectivity index (χ3n) is 4.64. The van der Waals surface area contributed by atoms with Crippen molar-refractivity contribution in [3.8, 4) is 0 Å². The molecule has 0 bridgehead atoms. The van der Waals surface area contributed by atoms with E-state index in [9.17, 15) is 22.0 Å². The zero-order valence-corrected chi connectivity index (χ0v) is 15.7. The van der Waals surface area contributed by atoms with Gasteiger partial charge >= 0.3 is 0 Å². The molecule has 2 aromatic carbocycles. The molecule has 3 rings (SSSR count). The average molecular weight is 394 g/mol. The van der Waals surface area contributed by atoms with Crippen molar-refractivity contribution < 1.29 is 22.0 Å². The molecular weight excluding hydrogens is 374 g/mol. The van der Waals surface area contributed by atoms with Gasteiger partial charge in [-0.1, -0.05) is 24.3 Å². The first kappa shape index (κ1) is 19.6. The summed E-state index contributed by atoms with van der Waals surface area (Å²) in [5.41, 5.74) is 0.594. The van der Waals surface area contributed by atoms with Gasteiger partial charge in [-0.05, 0) is 25.1 Å². The molecule has 0 atom stereocenters. The van der Waals surface area contributed by atoms with E-state index in [0.29, 0.717) is 18.7 Å². The number of hydrogen-bond donors (Lipinski definition) is 0. The summed E-state index contributed by atoms with van der Waals surface area (Å²) >= 11 is 0. The topological polar surface area (TPSA) is 57.7 Å². The van der Waals surface area contributed by atoms with Gasteiger partial charge in [-0.2, -0.15) is 4.31 Å². The van der Waals surface area contributed by atoms with Crippen LogP contribution in [0.2, 0.25) is 0 Å². The number of Topliss-reactive ketones (excluding diaryl/α,β-unsaturated/α-hetero) is 1. The molecule has 1 fully saturated rings. The number of piperazine rings is 1. The minimum Gasteiger partial charge on any atom is -0.296 e. The van der Waals surface area contributed by atoms with E-state index in [4.69, 9.17) is 0 Å². The highest BCUT2D eigenvalue weighted by molar-refractivity contribution is 7.89. The van der Waals surface area contributed by atoms with Gasteiger partial charge in [0, 0.05) is 43.9 Å². The van der Waals surface area contributed by atoms with E-state index in [2.05, 4.69) is 0 Å². The van der Waals surface area contributed by atoms with Crippen molar-refractivity contribution in [3.05, 3.63) is 65.2 Å². The van der Waals surface area contributed by atoms with Crippen molar-refractivity contribution in [1.29, 1.82) is 0 Å². The summed E-state index contributed by atoms with van der Waals surface area (Å²) in [7, 11) is -3.71. The maximum Gasteiger partial charge on any atom is 0.243 e. The van der Waals surface area contributed by atoms with E-state index >= 15 is 0 Å². The lowest BCUT2D eigenvalue weighted by atomic mass is 10.2. The van der Waals surface area contributed by atoms with Crippen LogP contribution in [-0.4, -0.2) is 49.6 Å². The van der Waals surface area contributed by atoms with E-state index in [1.165, 1.54) is 35.5 Å². The monoisotopic (exact) mass is 394 g/mol. The lowest BCUT2D eigenvalue weighted by Crippen LogP contribution is -2.48. The first-order chi connectivity index (χ1) is 12.8. The molecule has 0 aromatic heterocycles. The number of ketones is 1. The highest BCUT2D eigenvalue weighted by Gasteiger charge is 2.29. The molecule has 0 N–H and O–H groups in total. The van der Waals surface area contributed by atoms with Crippen LogP contribution in [0.25, 0.3) is 0 Å². The highest BCUT2D eigenvalue weighted by atomic mass is 32.2. The van der Waals surface area contributed by atoms with Crippen molar-refractivity contribution >= 4 is 15.8 Å². The van der Waals surface area contributed by atoms with Gasteiger partial charge in [0.1, 0.15) is 0 Å². The molecule has 0 amide bonds. The van der Waals surface area contributed by atoms with Crippen molar-refractivity contribution in [1.82, 2.24) is 9.21 Å². The fourth-order valence-electron chi connectivity index (χ4n) is 3.06. The Hall–Kier alpha value is -2.16. The van der Waals surface area contributed by atoms with Crippen LogP contribution >= 0.6 is 0 Å². The third-order valence-corrected chi connectivity index (χ3v) is 6.53. The Labute approximate surface area is 157 Å². The lowest BCUT2D eigenvalue weighted by molar-refractivity contribution is 0.101. The highest BCUT2D eigenvalue weighted by Crippen LogP contribution is 2.21. The van der Waals surface area contributed by atoms with Crippen molar-refractivity contribution in [2.24, 2.45) is 0 Å². The first-order valence-corrected chi connectivity index (χ1v) is 9.99. The zero-order valence-electron chi connectivity index (χ0n) is 14.9. The number of nitrogens with zero attached hydrogens (tertiary/aromatic N) is 2. The van der Waals surface area contributed by atoms with E-state index in [0.717, 1.165) is 6.07 Å². The van der Waals surface area contributed by atoms with Gasteiger partial charge in [0.25, 0.3) is 0 Å². The second kappa shape index (κ2) is 7.84. The number of hydrogen-bond acceptors (Lipinski definition) is 4. The third kappa shape index (κ3) is 4.23. The van der Waals surface area contributed by atoms with Gasteiger partial charge in [-0.15, -0.1) is 0 Å². The molecule has 0 saturated carbocycles. The number of sulfonamides is 1. The van der Waals surface area contributed by atoms with Crippen LogP contribution in [0.1, 0.15) is 22.8 Å². The van der Waals surface area contributed by atoms with E-state index in [1.54, 1.807) is 12.1 Å². The van der Waals surface area contributed by atoms with Gasteiger partial charge < -0.3 is 0 Å². The molecule has 1 aliphatic heterocycles. The Morgan fingerprint density at radius 2 is 1.70 bits per heavy atom. The van der Waals surface area contributed by atoms with Crippen molar-refractivity contribution in [2.75, 3.05) is 26.2 Å². The summed E-state index contributed by atoms with van der Waals surface area (Å²) < 4.78 is 54.1. The first-order valence-electron chi connectivity index (χ1n) is 8.55. The van der Waals surface area contributed by atoms with Crippen LogP contribution in [-0.2, 0) is 16.6 Å². The van der Waals surface area contributed by atoms with Gasteiger partial charge in [0.15, 0.2) is 17.4 Å². The smallest absolute Gasteiger partial charge is 0.243 e. The maximum absolute atomic E-state index is 13.8. The molecule has 0 spiro atoms. The van der Waals surface area contributed by atoms with Crippen LogP contribution in [0, 0.1) is 11.6 Å². The minimum atomic E-state index is -3.71. The fraction of sp³-hybridized carbons (Fsp3) is 0.316. The van der Waals surface area contributed by atoms with E-state index in [-0.39, 0.29) is 35.9 Å². The van der Waals surface area contributed by atoms with Gasteiger partial charge in [-0.3, -0.25) is 9.69 Å². The molecule has 5 nitrogen and oxygen atoms in total. The molecule has 144 valence electrons. The summed E-state index contributed by atoms with van der Waals surface area (Å²) in [6.45, 7) is 2.89. The number of benzene rings is 2. The predicted molar refractivity (Wildman–Crippen MR) is 96.8 cm³/mol. The number of carbonyl (C=O) groups excluding carboxylic acids is 1. The minimum absolute atomic E-state index is 0.0832. The summed E-state index contributed by atoms with van der Waals surface area (Å²) in [4.78, 5) is 13.5. The Morgan fingerprint density at radius 1 is 1.04 bits per heavy atom. The normalized spacial score (nSPS) is 16.4. The summed E-state index contributed by atoms with van der Waals surface area (Å²) in [6, 6.07) is 10.0. The number of halogens is 2. The maximum atomic E-state index is 13.8.